The van der Waals surface area contributed by atoms with Crippen LogP contribution < -0.4 is 0 Å². The summed E-state index contributed by atoms with van der Waals surface area (Å²) in [6.45, 7) is 3.59. The summed E-state index contributed by atoms with van der Waals surface area (Å²) in [5.74, 6) is -5.74. The Morgan fingerprint density at radius 3 is 1.63 bits per heavy atom. The number of halogens is 8. The van der Waals surface area contributed by atoms with Gasteiger partial charge < -0.3 is 9.47 Å². The molecule has 0 aromatic rings. The fourth-order valence-electron chi connectivity index (χ4n) is 1.48. The number of carbonyl (C=O) groups is 2. The van der Waals surface area contributed by atoms with E-state index < -0.39 is 56.9 Å². The van der Waals surface area contributed by atoms with Gasteiger partial charge in [-0.15, -0.1) is 0 Å². The molecule has 0 saturated carbocycles. The van der Waals surface area contributed by atoms with Crippen molar-refractivity contribution in [2.24, 2.45) is 0 Å². The molecule has 0 saturated heterocycles. The molecule has 1 atom stereocenters. The van der Waals surface area contributed by atoms with E-state index in [0.29, 0.717) is 0 Å². The molecule has 0 aromatic heterocycles. The summed E-state index contributed by atoms with van der Waals surface area (Å²) >= 11 is 0. The highest BCUT2D eigenvalue weighted by molar-refractivity contribution is 7.87. The maximum atomic E-state index is 13.2. The predicted molar refractivity (Wildman–Crippen MR) is 67.8 cm³/mol. The average molecular weight is 438 g/mol. The first kappa shape index (κ1) is 25.0. The van der Waals surface area contributed by atoms with E-state index in [0.717, 1.165) is 6.92 Å². The van der Waals surface area contributed by atoms with E-state index in [4.69, 9.17) is 4.55 Å². The van der Waals surface area contributed by atoms with Gasteiger partial charge >= 0.3 is 45.3 Å². The van der Waals surface area contributed by atoms with Crippen LogP contribution in [0.1, 0.15) is 13.8 Å². The summed E-state index contributed by atoms with van der Waals surface area (Å²) < 4.78 is 141. The molecule has 27 heavy (non-hydrogen) atoms. The van der Waals surface area contributed by atoms with Gasteiger partial charge in [0, 0.05) is 5.57 Å². The number of hydrogen-bond donors (Lipinski definition) is 1. The van der Waals surface area contributed by atoms with Crippen LogP contribution >= 0.6 is 0 Å². The second kappa shape index (κ2) is 7.21. The van der Waals surface area contributed by atoms with Gasteiger partial charge in [-0.05, 0) is 13.8 Å². The highest BCUT2D eigenvalue weighted by Crippen LogP contribution is 2.50. The largest absolute Gasteiger partial charge is 0.465 e. The zero-order valence-corrected chi connectivity index (χ0v) is 13.9. The summed E-state index contributed by atoms with van der Waals surface area (Å²) in [6.07, 6.45) is -16.9. The van der Waals surface area contributed by atoms with E-state index >= 15 is 0 Å². The molecule has 16 heteroatoms. The van der Waals surface area contributed by atoms with Crippen LogP contribution in [0.25, 0.3) is 0 Å². The van der Waals surface area contributed by atoms with Crippen molar-refractivity contribution in [1.82, 2.24) is 0 Å². The minimum absolute atomic E-state index is 0.0965. The lowest BCUT2D eigenvalue weighted by Crippen LogP contribution is -2.67. The Bertz CT molecular complexity index is 708. The molecule has 0 amide bonds. The average Bonchev–Trinajstić information content (AvgIpc) is 2.39. The maximum Gasteiger partial charge on any atom is 0.465 e. The number of ether oxygens (including phenoxy) is 2. The second-order valence-electron chi connectivity index (χ2n) is 4.94. The van der Waals surface area contributed by atoms with E-state index in [2.05, 4.69) is 16.1 Å². The van der Waals surface area contributed by atoms with Crippen LogP contribution in [0, 0.1) is 0 Å². The molecule has 0 aromatic carbocycles. The lowest BCUT2D eigenvalue weighted by atomic mass is 9.95. The van der Waals surface area contributed by atoms with E-state index in [1.165, 1.54) is 0 Å². The summed E-state index contributed by atoms with van der Waals surface area (Å²) in [6, 6.07) is 0. The standard InChI is InChI=1S/C11H10F8O7S/c1-4(2)6(20)25-5(3)8(10(14,15)16,11(17,18)19)26-7(21)9(12,13)27(22,23)24/h5H,1H2,2-3H3,(H,22,23,24). The van der Waals surface area contributed by atoms with E-state index in [9.17, 15) is 53.1 Å². The second-order valence-corrected chi connectivity index (χ2v) is 6.40. The van der Waals surface area contributed by atoms with E-state index in [-0.39, 0.29) is 6.92 Å². The third kappa shape index (κ3) is 4.66. The van der Waals surface area contributed by atoms with Gasteiger partial charge in [-0.2, -0.15) is 43.5 Å². The molecule has 1 N–H and O–H groups in total. The monoisotopic (exact) mass is 438 g/mol. The minimum Gasteiger partial charge on any atom is -0.454 e. The summed E-state index contributed by atoms with van der Waals surface area (Å²) in [7, 11) is -6.79. The van der Waals surface area contributed by atoms with Crippen molar-refractivity contribution in [3.05, 3.63) is 12.2 Å². The molecule has 7 nitrogen and oxygen atoms in total. The molecular weight excluding hydrogens is 428 g/mol. The van der Waals surface area contributed by atoms with Crippen molar-refractivity contribution < 1.29 is 67.2 Å². The Kier molecular flexibility index (Phi) is 6.69. The van der Waals surface area contributed by atoms with Gasteiger partial charge in [0.15, 0.2) is 6.10 Å². The molecule has 0 spiro atoms. The SMILES string of the molecule is C=C(C)C(=O)OC(C)C(OC(=O)C(F)(F)S(=O)(=O)O)(C(F)(F)F)C(F)(F)F. The number of hydrogen-bond acceptors (Lipinski definition) is 6. The number of alkyl halides is 8. The fraction of sp³-hybridized carbons (Fsp3) is 0.636. The third-order valence-corrected chi connectivity index (χ3v) is 3.68. The van der Waals surface area contributed by atoms with Gasteiger partial charge in [-0.1, -0.05) is 6.58 Å². The molecular formula is C11H10F8O7S. The highest BCUT2D eigenvalue weighted by atomic mass is 32.2. The van der Waals surface area contributed by atoms with Crippen LogP contribution in [0.2, 0.25) is 0 Å². The van der Waals surface area contributed by atoms with Gasteiger partial charge in [0.1, 0.15) is 0 Å². The Morgan fingerprint density at radius 2 is 1.37 bits per heavy atom. The summed E-state index contributed by atoms with van der Waals surface area (Å²) in [5.41, 5.74) is -6.59. The zero-order chi connectivity index (χ0) is 22.2. The summed E-state index contributed by atoms with van der Waals surface area (Å²) in [5, 5.41) is -6.19. The number of carbonyl (C=O) groups excluding carboxylic acids is 2. The van der Waals surface area contributed by atoms with Gasteiger partial charge in [-0.3, -0.25) is 4.55 Å². The van der Waals surface area contributed by atoms with Crippen LogP contribution in [0.3, 0.4) is 0 Å². The Balaban J connectivity index is 6.50. The van der Waals surface area contributed by atoms with Gasteiger partial charge in [0.2, 0.25) is 0 Å². The third-order valence-electron chi connectivity index (χ3n) is 2.86. The van der Waals surface area contributed by atoms with Gasteiger partial charge in [0.05, 0.1) is 0 Å². The summed E-state index contributed by atoms with van der Waals surface area (Å²) in [4.78, 5) is 22.3. The van der Waals surface area contributed by atoms with Crippen LogP contribution in [-0.4, -0.2) is 54.2 Å². The van der Waals surface area contributed by atoms with Crippen molar-refractivity contribution in [1.29, 1.82) is 0 Å². The molecule has 0 aliphatic carbocycles. The molecule has 0 rings (SSSR count). The molecule has 0 bridgehead atoms. The fourth-order valence-corrected chi connectivity index (χ4v) is 1.73. The van der Waals surface area contributed by atoms with Crippen molar-refractivity contribution in [3.8, 4) is 0 Å². The molecule has 0 fully saturated rings. The lowest BCUT2D eigenvalue weighted by Gasteiger charge is -2.40. The quantitative estimate of drug-likeness (QED) is 0.294. The first-order valence-electron chi connectivity index (χ1n) is 6.21. The number of esters is 2. The van der Waals surface area contributed by atoms with Crippen molar-refractivity contribution in [3.63, 3.8) is 0 Å². The van der Waals surface area contributed by atoms with Crippen molar-refractivity contribution >= 4 is 22.1 Å². The molecule has 0 radical (unpaired) electrons. The normalized spacial score (nSPS) is 15.1. The molecule has 1 unspecified atom stereocenters. The van der Waals surface area contributed by atoms with Crippen LogP contribution in [0.5, 0.6) is 0 Å². The Morgan fingerprint density at radius 1 is 1.00 bits per heavy atom. The van der Waals surface area contributed by atoms with E-state index in [1.54, 1.807) is 0 Å². The van der Waals surface area contributed by atoms with Gasteiger partial charge in [0.25, 0.3) is 0 Å². The van der Waals surface area contributed by atoms with Gasteiger partial charge in [-0.25, -0.2) is 9.59 Å². The van der Waals surface area contributed by atoms with E-state index in [1.807, 2.05) is 0 Å². The minimum atomic E-state index is -6.79. The highest BCUT2D eigenvalue weighted by Gasteiger charge is 2.79. The smallest absolute Gasteiger partial charge is 0.454 e. The Hall–Kier alpha value is -1.97. The predicted octanol–water partition coefficient (Wildman–Crippen LogP) is 2.38. The molecule has 158 valence electrons. The van der Waals surface area contributed by atoms with Crippen LogP contribution in [0.15, 0.2) is 12.2 Å². The van der Waals surface area contributed by atoms with Crippen LogP contribution in [-0.2, 0) is 29.2 Å². The lowest BCUT2D eigenvalue weighted by molar-refractivity contribution is -0.391. The topological polar surface area (TPSA) is 107 Å². The first-order valence-corrected chi connectivity index (χ1v) is 7.65. The Labute approximate surface area is 145 Å². The maximum absolute atomic E-state index is 13.2. The van der Waals surface area contributed by atoms with Crippen molar-refractivity contribution in [2.75, 3.05) is 0 Å². The van der Waals surface area contributed by atoms with Crippen LogP contribution in [0.4, 0.5) is 35.1 Å². The van der Waals surface area contributed by atoms with Crippen molar-refractivity contribution in [2.45, 2.75) is 43.2 Å². The molecule has 0 aliphatic rings. The number of rotatable bonds is 6. The molecule has 0 heterocycles. The molecule has 0 aliphatic heterocycles. The first-order chi connectivity index (χ1) is 11.6. The zero-order valence-electron chi connectivity index (χ0n) is 13.1.